The van der Waals surface area contributed by atoms with Crippen LogP contribution in [-0.2, 0) is 36.8 Å². The number of anilines is 1. The van der Waals surface area contributed by atoms with Crippen LogP contribution in [0.15, 0.2) is 73.2 Å². The number of carbonyl (C=O) groups is 4. The van der Waals surface area contributed by atoms with E-state index in [0.29, 0.717) is 67.5 Å². The van der Waals surface area contributed by atoms with Crippen molar-refractivity contribution in [1.82, 2.24) is 46.2 Å². The highest BCUT2D eigenvalue weighted by Crippen LogP contribution is 2.43. The van der Waals surface area contributed by atoms with Gasteiger partial charge in [-0.3, -0.25) is 19.9 Å². The number of nitrogens with zero attached hydrogens (tertiary/aromatic N) is 6. The Morgan fingerprint density at radius 2 is 1.41 bits per heavy atom. The third kappa shape index (κ3) is 14.0. The molecule has 26 heteroatoms. The number of hydrogen-bond donors (Lipinski definition) is 5. The van der Waals surface area contributed by atoms with Crippen molar-refractivity contribution in [1.29, 1.82) is 0 Å². The summed E-state index contributed by atoms with van der Waals surface area (Å²) in [7, 11) is 1.84. The van der Waals surface area contributed by atoms with Gasteiger partial charge in [-0.1, -0.05) is 24.0 Å². The Labute approximate surface area is 449 Å². The number of aliphatic hydroxyl groups excluding tert-OH is 1. The largest absolute Gasteiger partial charge is 0.453 e. The number of alkyl halides is 6. The second kappa shape index (κ2) is 24.4. The van der Waals surface area contributed by atoms with Crippen LogP contribution in [0.25, 0.3) is 11.4 Å². The first kappa shape index (κ1) is 59.5. The van der Waals surface area contributed by atoms with Crippen molar-refractivity contribution in [2.75, 3.05) is 51.9 Å². The summed E-state index contributed by atoms with van der Waals surface area (Å²) < 4.78 is 134. The number of amides is 4. The fourth-order valence-electron chi connectivity index (χ4n) is 9.43. The number of aromatic nitrogens is 3. The number of hydrogen-bond acceptors (Lipinski definition) is 14. The maximum Gasteiger partial charge on any atom is 0.407 e. The molecule has 7 rings (SSSR count). The Balaban J connectivity index is 1.17. The molecule has 3 aliphatic heterocycles. The van der Waals surface area contributed by atoms with Gasteiger partial charge in [-0.25, -0.2) is 38.3 Å². The summed E-state index contributed by atoms with van der Waals surface area (Å²) in [5, 5.41) is 18.8. The van der Waals surface area contributed by atoms with Crippen LogP contribution in [0.2, 0.25) is 0 Å². The van der Waals surface area contributed by atoms with E-state index in [-0.39, 0.29) is 11.4 Å². The lowest BCUT2D eigenvalue weighted by atomic mass is 9.82. The number of ether oxygens (including phenoxy) is 3. The third-order valence-corrected chi connectivity index (χ3v) is 14.4. The molecule has 0 saturated carbocycles. The van der Waals surface area contributed by atoms with E-state index < -0.39 is 108 Å². The normalized spacial score (nSPS) is 18.5. The van der Waals surface area contributed by atoms with Crippen LogP contribution in [0, 0.1) is 34.3 Å². The van der Waals surface area contributed by atoms with E-state index in [1.807, 2.05) is 22.8 Å². The Morgan fingerprint density at radius 3 is 1.94 bits per heavy atom. The Morgan fingerprint density at radius 1 is 0.810 bits per heavy atom. The first-order valence-corrected chi connectivity index (χ1v) is 25.0. The first-order chi connectivity index (χ1) is 37.2. The lowest BCUT2D eigenvalue weighted by Crippen LogP contribution is -2.62. The van der Waals surface area contributed by atoms with Gasteiger partial charge >= 0.3 is 24.5 Å². The highest BCUT2D eigenvalue weighted by molar-refractivity contribution is 5.87. The monoisotopic (exact) mass is 1120 g/mol. The Kier molecular flexibility index (Phi) is 18.4. The van der Waals surface area contributed by atoms with E-state index in [1.165, 1.54) is 30.6 Å². The second-order valence-electron chi connectivity index (χ2n) is 20.6. The smallest absolute Gasteiger partial charge is 0.407 e. The van der Waals surface area contributed by atoms with Crippen molar-refractivity contribution < 1.29 is 73.6 Å². The molecule has 5 heterocycles. The molecule has 426 valence electrons. The summed E-state index contributed by atoms with van der Waals surface area (Å²) >= 11 is 0. The first-order valence-electron chi connectivity index (χ1n) is 25.0. The van der Waals surface area contributed by atoms with Crippen molar-refractivity contribution in [3.63, 3.8) is 0 Å². The van der Waals surface area contributed by atoms with E-state index in [0.717, 1.165) is 71.3 Å². The Hall–Kier alpha value is -7.21. The van der Waals surface area contributed by atoms with Crippen LogP contribution >= 0.6 is 0 Å². The quantitative estimate of drug-likeness (QED) is 0.0452. The summed E-state index contributed by atoms with van der Waals surface area (Å²) in [5.41, 5.74) is -3.66. The van der Waals surface area contributed by atoms with Gasteiger partial charge in [0.05, 0.1) is 43.9 Å². The molecule has 5 N–H and O–H groups in total. The molecule has 6 atom stereocenters. The van der Waals surface area contributed by atoms with Crippen LogP contribution < -0.4 is 26.3 Å². The van der Waals surface area contributed by atoms with Gasteiger partial charge in [-0.2, -0.15) is 26.3 Å². The number of hydrazine groups is 1. The van der Waals surface area contributed by atoms with Crippen molar-refractivity contribution in [2.45, 2.75) is 108 Å². The fourth-order valence-corrected chi connectivity index (χ4v) is 9.43. The number of pyridine rings is 1. The van der Waals surface area contributed by atoms with Crippen molar-refractivity contribution in [3.05, 3.63) is 107 Å². The molecule has 2 bridgehead atoms. The molecule has 4 amide bonds. The van der Waals surface area contributed by atoms with Crippen LogP contribution in [0.3, 0.4) is 0 Å². The van der Waals surface area contributed by atoms with Gasteiger partial charge in [0.25, 0.3) is 5.91 Å². The lowest BCUT2D eigenvalue weighted by Gasteiger charge is -2.47. The molecule has 0 unspecified atom stereocenters. The van der Waals surface area contributed by atoms with Gasteiger partial charge in [-0.15, -0.1) is 0 Å². The van der Waals surface area contributed by atoms with E-state index in [2.05, 4.69) is 52.1 Å². The number of benzene rings is 2. The summed E-state index contributed by atoms with van der Waals surface area (Å²) in [5.74, 6) is 1.05. The maximum atomic E-state index is 16.0. The molecule has 3 fully saturated rings. The molecule has 0 spiro atoms. The number of halogens is 8. The third-order valence-electron chi connectivity index (χ3n) is 14.4. The number of piperazine rings is 1. The standard InChI is InChI=1S/C53H60F8N10O8/c1-50(2,52(56,57)58)43(67-49(76)77-6)46(73)66-40(20-31-11-8-30(9-12-31)10-13-32-14-17-42(65-23-32)69-24-34-15-16-35(25-69)71(34)36-28-78-29-36)41(72)27-70(68-47(74)44(79-48(75)62-5)51(3,4)53(59,60)61)26-37-38(54)21-33(22-39(37)55)45-63-18-7-19-64-45/h7-9,11-12,14,17-19,21-23,34-36,40-41,43-44,72H,15-16,20,24-29H2,1-6H3,(H,62,75)(H,66,73)(H,67,76)(H,68,74)/t34-,35-,40-,41-,43+,44+/m0/s1. The molecule has 79 heavy (non-hydrogen) atoms. The number of methoxy groups -OCH3 is 1. The lowest BCUT2D eigenvalue weighted by molar-refractivity contribution is -0.239. The van der Waals surface area contributed by atoms with Crippen molar-refractivity contribution in [3.8, 4) is 23.2 Å². The van der Waals surface area contributed by atoms with Gasteiger partial charge in [0, 0.05) is 86.2 Å². The minimum Gasteiger partial charge on any atom is -0.453 e. The number of carbonyl (C=O) groups excluding carboxylic acids is 4. The molecule has 0 aliphatic carbocycles. The fraction of sp³-hybridized carbons (Fsp3) is 0.491. The second-order valence-corrected chi connectivity index (χ2v) is 20.6. The van der Waals surface area contributed by atoms with Crippen LogP contribution in [-0.4, -0.2) is 156 Å². The summed E-state index contributed by atoms with van der Waals surface area (Å²) in [4.78, 5) is 70.3. The predicted octanol–water partition coefficient (Wildman–Crippen LogP) is 5.82. The maximum absolute atomic E-state index is 16.0. The molecule has 4 aromatic rings. The zero-order valence-electron chi connectivity index (χ0n) is 43.8. The summed E-state index contributed by atoms with van der Waals surface area (Å²) in [6.07, 6.45) is -12.0. The van der Waals surface area contributed by atoms with Crippen LogP contribution in [0.5, 0.6) is 0 Å². The molecular formula is C53H60F8N10O8. The van der Waals surface area contributed by atoms with E-state index in [1.54, 1.807) is 18.3 Å². The van der Waals surface area contributed by atoms with Gasteiger partial charge in [0.1, 0.15) is 28.9 Å². The van der Waals surface area contributed by atoms with E-state index in [4.69, 9.17) is 9.47 Å². The van der Waals surface area contributed by atoms with Crippen LogP contribution in [0.1, 0.15) is 62.8 Å². The van der Waals surface area contributed by atoms with E-state index in [9.17, 15) is 50.6 Å². The zero-order valence-corrected chi connectivity index (χ0v) is 43.8. The average Bonchev–Trinajstić information content (AvgIpc) is 3.81. The number of nitrogens with one attached hydrogen (secondary N) is 4. The van der Waals surface area contributed by atoms with Crippen LogP contribution in [0.4, 0.5) is 50.5 Å². The predicted molar refractivity (Wildman–Crippen MR) is 268 cm³/mol. The molecule has 0 radical (unpaired) electrons. The highest BCUT2D eigenvalue weighted by Gasteiger charge is 2.58. The van der Waals surface area contributed by atoms with E-state index >= 15 is 8.78 Å². The molecule has 2 aromatic heterocycles. The van der Waals surface area contributed by atoms with Gasteiger partial charge in [-0.05, 0) is 95.0 Å². The number of rotatable bonds is 18. The molecule has 3 saturated heterocycles. The molecule has 3 aliphatic rings. The molecule has 2 aromatic carbocycles. The molecule has 18 nitrogen and oxygen atoms in total. The van der Waals surface area contributed by atoms with Gasteiger partial charge < -0.3 is 40.2 Å². The minimum absolute atomic E-state index is 0.0997. The highest BCUT2D eigenvalue weighted by atomic mass is 19.4. The summed E-state index contributed by atoms with van der Waals surface area (Å²) in [6, 6.07) is 10.2. The minimum atomic E-state index is -5.22. The molecular weight excluding hydrogens is 1060 g/mol. The van der Waals surface area contributed by atoms with Gasteiger partial charge in [0.15, 0.2) is 11.9 Å². The number of alkyl carbamates (subject to hydrolysis) is 2. The van der Waals surface area contributed by atoms with Crippen molar-refractivity contribution in [2.24, 2.45) is 10.8 Å². The average molecular weight is 1120 g/mol. The van der Waals surface area contributed by atoms with Crippen molar-refractivity contribution >= 4 is 29.8 Å². The number of fused-ring (bicyclic) bond motifs is 2. The van der Waals surface area contributed by atoms with Gasteiger partial charge in [0.2, 0.25) is 5.91 Å². The number of aliphatic hydroxyl groups is 1. The SMILES string of the molecule is CNC(=O)O[C@H](C(=O)NN(Cc1c(F)cc(-c2ncccn2)cc1F)C[C@H](O)[C@H](Cc1ccc(C#Cc2ccc(N3C[C@@H]4CC[C@@H](C3)N4C3COC3)nc2)cc1)NC(=O)[C@@H](NC(=O)OC)C(C)(C)C(F)(F)F)C(C)(C)C(F)(F)F. The zero-order chi connectivity index (χ0) is 57.6. The topological polar surface area (TPSA) is 213 Å². The summed E-state index contributed by atoms with van der Waals surface area (Å²) in [6.45, 7) is 3.42. The Bertz CT molecular complexity index is 2830.